The zero-order valence-electron chi connectivity index (χ0n) is 12.0. The van der Waals surface area contributed by atoms with Gasteiger partial charge in [0.15, 0.2) is 17.7 Å². The summed E-state index contributed by atoms with van der Waals surface area (Å²) in [5, 5.41) is 1.39. The summed E-state index contributed by atoms with van der Waals surface area (Å²) < 4.78 is 11.3. The number of aromatic nitrogens is 2. The van der Waals surface area contributed by atoms with Crippen LogP contribution in [-0.4, -0.2) is 22.5 Å². The predicted molar refractivity (Wildman–Crippen MR) is 83.4 cm³/mol. The highest BCUT2D eigenvalue weighted by atomic mass is 35.5. The molecule has 1 aromatic heterocycles. The lowest BCUT2D eigenvalue weighted by Gasteiger charge is -2.35. The first-order chi connectivity index (χ1) is 10.1. The number of aryl methyl sites for hydroxylation is 1. The Bertz CT molecular complexity index is 675. The lowest BCUT2D eigenvalue weighted by atomic mass is 10.0. The van der Waals surface area contributed by atoms with Crippen LogP contribution in [0, 0.1) is 6.92 Å². The number of rotatable bonds is 3. The molecule has 3 rings (SSSR count). The summed E-state index contributed by atoms with van der Waals surface area (Å²) in [7, 11) is 0. The summed E-state index contributed by atoms with van der Waals surface area (Å²) in [6.45, 7) is 3.81. The molecule has 1 aliphatic heterocycles. The van der Waals surface area contributed by atoms with E-state index in [0.717, 1.165) is 27.7 Å². The van der Waals surface area contributed by atoms with Crippen LogP contribution in [0.3, 0.4) is 0 Å². The molecular formula is C15H15ClN2O2S. The fourth-order valence-electron chi connectivity index (χ4n) is 2.28. The normalized spacial score (nSPS) is 21.1. The molecule has 1 saturated heterocycles. The van der Waals surface area contributed by atoms with Crippen LogP contribution in [0.4, 0.5) is 0 Å². The molecule has 0 spiro atoms. The summed E-state index contributed by atoms with van der Waals surface area (Å²) in [5.41, 5.74) is 3.48. The van der Waals surface area contributed by atoms with Crippen LogP contribution in [-0.2, 0) is 9.47 Å². The topological polar surface area (TPSA) is 44.2 Å². The molecule has 0 bridgehead atoms. The third-order valence-corrected chi connectivity index (χ3v) is 4.05. The Balaban J connectivity index is 2.14. The van der Waals surface area contributed by atoms with Gasteiger partial charge in [0.2, 0.25) is 0 Å². The average Bonchev–Trinajstić information content (AvgIpc) is 2.43. The first kappa shape index (κ1) is 14.8. The van der Waals surface area contributed by atoms with Crippen LogP contribution in [0.15, 0.2) is 29.4 Å². The lowest BCUT2D eigenvalue weighted by Crippen LogP contribution is -2.33. The number of hydrogen-bond acceptors (Lipinski definition) is 5. The van der Waals surface area contributed by atoms with E-state index in [2.05, 4.69) is 9.97 Å². The van der Waals surface area contributed by atoms with Gasteiger partial charge in [-0.1, -0.05) is 35.5 Å². The van der Waals surface area contributed by atoms with Crippen molar-refractivity contribution in [2.24, 2.45) is 0 Å². The van der Waals surface area contributed by atoms with Crippen LogP contribution >= 0.6 is 23.4 Å². The third kappa shape index (κ3) is 2.92. The summed E-state index contributed by atoms with van der Waals surface area (Å²) in [6, 6.07) is 7.61. The largest absolute Gasteiger partial charge is 0.319 e. The molecule has 1 aromatic carbocycles. The van der Waals surface area contributed by atoms with Gasteiger partial charge in [-0.05, 0) is 32.2 Å². The maximum absolute atomic E-state index is 6.10. The van der Waals surface area contributed by atoms with Gasteiger partial charge in [-0.2, -0.15) is 0 Å². The maximum Gasteiger partial charge on any atom is 0.193 e. The Morgan fingerprint density at radius 3 is 2.62 bits per heavy atom. The molecule has 6 heteroatoms. The van der Waals surface area contributed by atoms with Gasteiger partial charge >= 0.3 is 0 Å². The highest BCUT2D eigenvalue weighted by Crippen LogP contribution is 2.39. The average molecular weight is 323 g/mol. The van der Waals surface area contributed by atoms with E-state index in [1.54, 1.807) is 0 Å². The van der Waals surface area contributed by atoms with Gasteiger partial charge in [0.1, 0.15) is 0 Å². The zero-order valence-corrected chi connectivity index (χ0v) is 13.5. The SMILES string of the molecule is CSc1nc(C)c(C2OC(C)O2)c(-c2cccc(Cl)c2)n1. The summed E-state index contributed by atoms with van der Waals surface area (Å²) in [5.74, 6) is 0. The van der Waals surface area contributed by atoms with Crippen molar-refractivity contribution in [3.8, 4) is 11.3 Å². The number of benzene rings is 1. The third-order valence-electron chi connectivity index (χ3n) is 3.26. The Kier molecular flexibility index (Phi) is 4.17. The Morgan fingerprint density at radius 2 is 2.00 bits per heavy atom. The molecule has 1 aliphatic rings. The first-order valence-electron chi connectivity index (χ1n) is 6.58. The van der Waals surface area contributed by atoms with Crippen LogP contribution in [0.25, 0.3) is 11.3 Å². The molecular weight excluding hydrogens is 308 g/mol. The Morgan fingerprint density at radius 1 is 1.24 bits per heavy atom. The second kappa shape index (κ2) is 5.93. The standard InChI is InChI=1S/C15H15ClN2O2S/c1-8-12(14-19-9(2)20-14)13(18-15(17-8)21-3)10-5-4-6-11(16)7-10/h4-7,9,14H,1-3H3. The molecule has 2 heterocycles. The molecule has 110 valence electrons. The number of hydrogen-bond donors (Lipinski definition) is 0. The van der Waals surface area contributed by atoms with Crippen LogP contribution in [0.5, 0.6) is 0 Å². The maximum atomic E-state index is 6.10. The minimum atomic E-state index is -0.412. The molecule has 0 unspecified atom stereocenters. The number of ether oxygens (including phenoxy) is 2. The minimum absolute atomic E-state index is 0.193. The van der Waals surface area contributed by atoms with Gasteiger partial charge in [-0.25, -0.2) is 9.97 Å². The molecule has 4 nitrogen and oxygen atoms in total. The van der Waals surface area contributed by atoms with E-state index >= 15 is 0 Å². The molecule has 0 N–H and O–H groups in total. The van der Waals surface area contributed by atoms with Crippen molar-refractivity contribution in [3.63, 3.8) is 0 Å². The van der Waals surface area contributed by atoms with E-state index in [-0.39, 0.29) is 6.29 Å². The van der Waals surface area contributed by atoms with E-state index < -0.39 is 6.29 Å². The lowest BCUT2D eigenvalue weighted by molar-refractivity contribution is -0.382. The molecule has 21 heavy (non-hydrogen) atoms. The van der Waals surface area contributed by atoms with Crippen molar-refractivity contribution in [2.75, 3.05) is 6.26 Å². The molecule has 0 aliphatic carbocycles. The van der Waals surface area contributed by atoms with Crippen LogP contribution < -0.4 is 0 Å². The molecule has 1 fully saturated rings. The summed E-state index contributed by atoms with van der Waals surface area (Å²) in [6.07, 6.45) is 1.35. The molecule has 0 amide bonds. The van der Waals surface area contributed by atoms with Gasteiger partial charge in [0, 0.05) is 10.6 Å². The van der Waals surface area contributed by atoms with Crippen molar-refractivity contribution in [1.82, 2.24) is 9.97 Å². The fraction of sp³-hybridized carbons (Fsp3) is 0.333. The van der Waals surface area contributed by atoms with Gasteiger partial charge in [0.05, 0.1) is 17.0 Å². The summed E-state index contributed by atoms with van der Waals surface area (Å²) >= 11 is 7.61. The van der Waals surface area contributed by atoms with E-state index in [0.29, 0.717) is 5.02 Å². The van der Waals surface area contributed by atoms with Gasteiger partial charge in [0.25, 0.3) is 0 Å². The van der Waals surface area contributed by atoms with E-state index in [1.807, 2.05) is 44.4 Å². The highest BCUT2D eigenvalue weighted by molar-refractivity contribution is 7.98. The second-order valence-electron chi connectivity index (χ2n) is 4.74. The molecule has 0 saturated carbocycles. The fourth-order valence-corrected chi connectivity index (χ4v) is 2.88. The quantitative estimate of drug-likeness (QED) is 0.625. The zero-order chi connectivity index (χ0) is 15.0. The van der Waals surface area contributed by atoms with Crippen molar-refractivity contribution in [1.29, 1.82) is 0 Å². The number of thioether (sulfide) groups is 1. The smallest absolute Gasteiger partial charge is 0.193 e. The monoisotopic (exact) mass is 322 g/mol. The van der Waals surface area contributed by atoms with Gasteiger partial charge in [-0.3, -0.25) is 0 Å². The van der Waals surface area contributed by atoms with E-state index in [1.165, 1.54) is 11.8 Å². The van der Waals surface area contributed by atoms with Crippen molar-refractivity contribution in [2.45, 2.75) is 31.6 Å². The van der Waals surface area contributed by atoms with Crippen molar-refractivity contribution in [3.05, 3.63) is 40.5 Å². The van der Waals surface area contributed by atoms with E-state index in [4.69, 9.17) is 21.1 Å². The van der Waals surface area contributed by atoms with Crippen LogP contribution in [0.1, 0.15) is 24.5 Å². The Labute approximate surface area is 132 Å². The summed E-state index contributed by atoms with van der Waals surface area (Å²) in [4.78, 5) is 9.11. The second-order valence-corrected chi connectivity index (χ2v) is 5.95. The van der Waals surface area contributed by atoms with Gasteiger partial charge in [-0.15, -0.1) is 0 Å². The highest BCUT2D eigenvalue weighted by Gasteiger charge is 2.33. The van der Waals surface area contributed by atoms with Gasteiger partial charge < -0.3 is 9.47 Å². The molecule has 0 atom stereocenters. The van der Waals surface area contributed by atoms with Crippen LogP contribution in [0.2, 0.25) is 5.02 Å². The Hall–Kier alpha value is -1.14. The molecule has 0 radical (unpaired) electrons. The number of nitrogens with zero attached hydrogens (tertiary/aromatic N) is 2. The first-order valence-corrected chi connectivity index (χ1v) is 8.18. The molecule has 2 aromatic rings. The van der Waals surface area contributed by atoms with Crippen molar-refractivity contribution >= 4 is 23.4 Å². The minimum Gasteiger partial charge on any atom is -0.319 e. The number of halogens is 1. The van der Waals surface area contributed by atoms with E-state index in [9.17, 15) is 0 Å². The van der Waals surface area contributed by atoms with Crippen molar-refractivity contribution < 1.29 is 9.47 Å². The predicted octanol–water partition coefficient (Wildman–Crippen LogP) is 4.22.